The van der Waals surface area contributed by atoms with E-state index in [1.54, 1.807) is 6.07 Å². The number of fused-ring (bicyclic) bond motifs is 1. The summed E-state index contributed by atoms with van der Waals surface area (Å²) < 4.78 is 5.13. The van der Waals surface area contributed by atoms with Gasteiger partial charge in [-0.15, -0.1) is 11.8 Å². The average molecular weight is 381 g/mol. The summed E-state index contributed by atoms with van der Waals surface area (Å²) in [6, 6.07) is 2.17. The van der Waals surface area contributed by atoms with Gasteiger partial charge in [0.15, 0.2) is 5.76 Å². The van der Waals surface area contributed by atoms with Gasteiger partial charge in [-0.1, -0.05) is 5.16 Å². The zero-order valence-electron chi connectivity index (χ0n) is 13.5. The summed E-state index contributed by atoms with van der Waals surface area (Å²) in [6.45, 7) is -0.453. The number of nitrogens with one attached hydrogen (secondary N) is 1. The predicted octanol–water partition coefficient (Wildman–Crippen LogP) is -0.639. The van der Waals surface area contributed by atoms with Crippen LogP contribution in [-0.2, 0) is 19.2 Å². The number of carboxylic acids is 1. The summed E-state index contributed by atoms with van der Waals surface area (Å²) in [5.41, 5.74) is -0.118. The Labute approximate surface area is 151 Å². The van der Waals surface area contributed by atoms with Gasteiger partial charge in [0.2, 0.25) is 5.71 Å². The summed E-state index contributed by atoms with van der Waals surface area (Å²) >= 11 is 1.26. The molecule has 3 heterocycles. The first-order chi connectivity index (χ1) is 12.5. The molecular formula is C15H15N3O7S. The fraction of sp³-hybridized carbons (Fsp3) is 0.333. The number of aliphatic hydroxyl groups excluding tert-OH is 1. The summed E-state index contributed by atoms with van der Waals surface area (Å²) in [6.07, 6.45) is 1.36. The molecule has 1 fully saturated rings. The fourth-order valence-electron chi connectivity index (χ4n) is 2.72. The van der Waals surface area contributed by atoms with E-state index in [2.05, 4.69) is 15.3 Å². The lowest BCUT2D eigenvalue weighted by Gasteiger charge is -2.49. The van der Waals surface area contributed by atoms with Crippen LogP contribution in [0.1, 0.15) is 5.76 Å². The third kappa shape index (κ3) is 2.95. The van der Waals surface area contributed by atoms with Crippen LogP contribution in [0.4, 0.5) is 0 Å². The van der Waals surface area contributed by atoms with Gasteiger partial charge in [0.1, 0.15) is 24.2 Å². The maximum atomic E-state index is 12.5. The number of nitrogens with zero attached hydrogens (tertiary/aromatic N) is 2. The monoisotopic (exact) mass is 381 g/mol. The van der Waals surface area contributed by atoms with Crippen molar-refractivity contribution in [1.82, 2.24) is 10.2 Å². The van der Waals surface area contributed by atoms with E-state index in [0.717, 1.165) is 4.90 Å². The Balaban J connectivity index is 1.78. The van der Waals surface area contributed by atoms with Crippen molar-refractivity contribution < 1.29 is 33.9 Å². The number of furan rings is 1. The van der Waals surface area contributed by atoms with E-state index in [1.807, 2.05) is 0 Å². The van der Waals surface area contributed by atoms with E-state index in [-0.39, 0.29) is 28.5 Å². The molecule has 2 atom stereocenters. The van der Waals surface area contributed by atoms with Crippen molar-refractivity contribution in [3.05, 3.63) is 35.4 Å². The smallest absolute Gasteiger partial charge is 0.352 e. The standard InChI is InChI=1S/C15H15N3O7S/c1-24-17-9(8-3-2-4-25-8)12(20)16-10-13(21)18-11(15(22)23)7(5-19)6-26-14(10)18/h2-4,10,14,19H,5-6H2,1H3,(H,16,20)(H,22,23)/b17-9-/t10-,14-/m0/s1. The Morgan fingerprint density at radius 3 is 2.88 bits per heavy atom. The Morgan fingerprint density at radius 2 is 2.31 bits per heavy atom. The molecule has 0 saturated carbocycles. The molecule has 0 spiro atoms. The van der Waals surface area contributed by atoms with Gasteiger partial charge in [0, 0.05) is 5.75 Å². The second kappa shape index (κ2) is 7.22. The highest BCUT2D eigenvalue weighted by atomic mass is 32.2. The van der Waals surface area contributed by atoms with Crippen molar-refractivity contribution in [2.75, 3.05) is 19.5 Å². The number of hydrogen-bond acceptors (Lipinski definition) is 8. The highest BCUT2D eigenvalue weighted by Crippen LogP contribution is 2.40. The van der Waals surface area contributed by atoms with E-state index >= 15 is 0 Å². The van der Waals surface area contributed by atoms with Crippen LogP contribution in [0.15, 0.2) is 39.2 Å². The number of aliphatic carboxylic acids is 1. The first-order valence-corrected chi connectivity index (χ1v) is 8.51. The topological polar surface area (TPSA) is 142 Å². The van der Waals surface area contributed by atoms with Crippen molar-refractivity contribution in [2.24, 2.45) is 5.16 Å². The molecule has 1 aromatic rings. The van der Waals surface area contributed by atoms with Crippen LogP contribution >= 0.6 is 11.8 Å². The number of hydrogen-bond donors (Lipinski definition) is 3. The summed E-state index contributed by atoms with van der Waals surface area (Å²) in [7, 11) is 1.27. The Bertz CT molecular complexity index is 802. The molecule has 3 N–H and O–H groups in total. The molecule has 0 radical (unpaired) electrons. The molecule has 1 aromatic heterocycles. The maximum absolute atomic E-state index is 12.5. The number of carboxylic acid groups (broad SMARTS) is 1. The second-order valence-electron chi connectivity index (χ2n) is 5.38. The maximum Gasteiger partial charge on any atom is 0.352 e. The molecular weight excluding hydrogens is 366 g/mol. The SMILES string of the molecule is CO/N=C(\C(=O)N[C@H]1C(=O)N2C(C(=O)O)=C(CO)CS[C@@H]12)c1ccco1. The van der Waals surface area contributed by atoms with Gasteiger partial charge in [-0.05, 0) is 17.7 Å². The van der Waals surface area contributed by atoms with Crippen molar-refractivity contribution in [1.29, 1.82) is 0 Å². The molecule has 138 valence electrons. The van der Waals surface area contributed by atoms with Gasteiger partial charge >= 0.3 is 5.97 Å². The number of β-lactam (4-membered cyclic amide) rings is 1. The Hall–Kier alpha value is -2.79. The lowest BCUT2D eigenvalue weighted by Crippen LogP contribution is -2.71. The van der Waals surface area contributed by atoms with Gasteiger partial charge in [-0.25, -0.2) is 4.79 Å². The van der Waals surface area contributed by atoms with Gasteiger partial charge in [0.05, 0.1) is 12.9 Å². The molecule has 2 aliphatic heterocycles. The minimum Gasteiger partial charge on any atom is -0.477 e. The highest BCUT2D eigenvalue weighted by molar-refractivity contribution is 8.00. The number of amides is 2. The minimum atomic E-state index is -1.30. The Kier molecular flexibility index (Phi) is 5.00. The molecule has 0 bridgehead atoms. The van der Waals surface area contributed by atoms with Crippen LogP contribution in [0.5, 0.6) is 0 Å². The van der Waals surface area contributed by atoms with Crippen LogP contribution in [0.3, 0.4) is 0 Å². The van der Waals surface area contributed by atoms with E-state index in [4.69, 9.17) is 4.42 Å². The van der Waals surface area contributed by atoms with Crippen molar-refractivity contribution in [3.8, 4) is 0 Å². The Morgan fingerprint density at radius 1 is 1.54 bits per heavy atom. The predicted molar refractivity (Wildman–Crippen MR) is 89.0 cm³/mol. The van der Waals surface area contributed by atoms with Crippen molar-refractivity contribution in [2.45, 2.75) is 11.4 Å². The third-order valence-corrected chi connectivity index (χ3v) is 5.22. The second-order valence-corrected chi connectivity index (χ2v) is 6.48. The van der Waals surface area contributed by atoms with Crippen molar-refractivity contribution >= 4 is 35.3 Å². The normalized spacial score (nSPS) is 22.6. The molecule has 0 aliphatic carbocycles. The van der Waals surface area contributed by atoms with Gasteiger partial charge < -0.3 is 24.8 Å². The first-order valence-electron chi connectivity index (χ1n) is 7.46. The summed E-state index contributed by atoms with van der Waals surface area (Å²) in [5.74, 6) is -2.15. The zero-order chi connectivity index (χ0) is 18.8. The molecule has 2 aliphatic rings. The molecule has 1 saturated heterocycles. The molecule has 11 heteroatoms. The van der Waals surface area contributed by atoms with Gasteiger partial charge in [-0.3, -0.25) is 14.5 Å². The van der Waals surface area contributed by atoms with Crippen LogP contribution in [0, 0.1) is 0 Å². The van der Waals surface area contributed by atoms with Gasteiger partial charge in [0.25, 0.3) is 11.8 Å². The number of carbonyl (C=O) groups excluding carboxylic acids is 2. The molecule has 2 amide bonds. The van der Waals surface area contributed by atoms with E-state index in [0.29, 0.717) is 0 Å². The largest absolute Gasteiger partial charge is 0.477 e. The number of oxime groups is 1. The van der Waals surface area contributed by atoms with Crippen LogP contribution < -0.4 is 5.32 Å². The van der Waals surface area contributed by atoms with E-state index in [9.17, 15) is 24.6 Å². The summed E-state index contributed by atoms with van der Waals surface area (Å²) in [4.78, 5) is 42.0. The van der Waals surface area contributed by atoms with E-state index in [1.165, 1.54) is 31.2 Å². The van der Waals surface area contributed by atoms with Crippen LogP contribution in [0.2, 0.25) is 0 Å². The number of thioether (sulfide) groups is 1. The molecule has 26 heavy (non-hydrogen) atoms. The number of carbonyl (C=O) groups is 3. The van der Waals surface area contributed by atoms with Crippen LogP contribution in [0.25, 0.3) is 0 Å². The molecule has 10 nitrogen and oxygen atoms in total. The zero-order valence-corrected chi connectivity index (χ0v) is 14.4. The lowest BCUT2D eigenvalue weighted by molar-refractivity contribution is -0.150. The molecule has 0 aromatic carbocycles. The van der Waals surface area contributed by atoms with Gasteiger partial charge in [-0.2, -0.15) is 0 Å². The number of aliphatic hydroxyl groups is 1. The lowest BCUT2D eigenvalue weighted by atomic mass is 10.0. The molecule has 3 rings (SSSR count). The fourth-order valence-corrected chi connectivity index (χ4v) is 4.05. The third-order valence-electron chi connectivity index (χ3n) is 3.88. The highest BCUT2D eigenvalue weighted by Gasteiger charge is 2.54. The van der Waals surface area contributed by atoms with E-state index < -0.39 is 35.8 Å². The summed E-state index contributed by atoms with van der Waals surface area (Å²) in [5, 5.41) is 24.2. The van der Waals surface area contributed by atoms with Crippen LogP contribution in [-0.4, -0.2) is 69.5 Å². The minimum absolute atomic E-state index is 0.144. The van der Waals surface area contributed by atoms with Crippen molar-refractivity contribution in [3.63, 3.8) is 0 Å². The molecule has 0 unspecified atom stereocenters. The number of rotatable bonds is 6. The quantitative estimate of drug-likeness (QED) is 0.336. The first kappa shape index (κ1) is 18.0. The average Bonchev–Trinajstić information content (AvgIpc) is 3.16.